The lowest BCUT2D eigenvalue weighted by Gasteiger charge is -2.15. The van der Waals surface area contributed by atoms with Gasteiger partial charge in [0.15, 0.2) is 11.5 Å². The summed E-state index contributed by atoms with van der Waals surface area (Å²) < 4.78 is 10.5. The van der Waals surface area contributed by atoms with E-state index < -0.39 is 12.0 Å². The summed E-state index contributed by atoms with van der Waals surface area (Å²) in [7, 11) is 0. The van der Waals surface area contributed by atoms with Gasteiger partial charge in [-0.15, -0.1) is 0 Å². The van der Waals surface area contributed by atoms with Gasteiger partial charge in [0.2, 0.25) is 6.79 Å². The number of nitrogens with two attached hydrogens (primary N) is 1. The molecule has 5 heteroatoms. The van der Waals surface area contributed by atoms with Crippen LogP contribution in [0.3, 0.4) is 0 Å². The van der Waals surface area contributed by atoms with E-state index in [0.29, 0.717) is 11.5 Å². The number of hydrogen-bond acceptors (Lipinski definition) is 4. The lowest BCUT2D eigenvalue weighted by atomic mass is 9.98. The van der Waals surface area contributed by atoms with Gasteiger partial charge in [0.25, 0.3) is 0 Å². The summed E-state index contributed by atoms with van der Waals surface area (Å²) in [6, 6.07) is 3.08. The molecule has 86 valence electrons. The highest BCUT2D eigenvalue weighted by atomic mass is 16.7. The fraction of sp³-hybridized carbons (Fsp3) is 0.364. The van der Waals surface area contributed by atoms with Gasteiger partial charge in [-0.1, -0.05) is 6.07 Å². The minimum atomic E-state index is -0.927. The fourth-order valence-electron chi connectivity index (χ4n) is 1.84. The molecule has 5 nitrogen and oxygen atoms in total. The number of ether oxygens (including phenoxy) is 2. The van der Waals surface area contributed by atoms with Crippen molar-refractivity contribution >= 4 is 5.97 Å². The highest BCUT2D eigenvalue weighted by Gasteiger charge is 2.24. The van der Waals surface area contributed by atoms with Gasteiger partial charge in [0.05, 0.1) is 6.42 Å². The fourth-order valence-corrected chi connectivity index (χ4v) is 1.84. The number of fused-ring (bicyclic) bond motifs is 1. The summed E-state index contributed by atoms with van der Waals surface area (Å²) in [5.41, 5.74) is 7.49. The van der Waals surface area contributed by atoms with Crippen LogP contribution in [-0.2, 0) is 4.79 Å². The number of carboxylic acids is 1. The molecule has 0 radical (unpaired) electrons. The van der Waals surface area contributed by atoms with Crippen molar-refractivity contribution in [1.82, 2.24) is 0 Å². The zero-order valence-electron chi connectivity index (χ0n) is 8.90. The topological polar surface area (TPSA) is 81.8 Å². The quantitative estimate of drug-likeness (QED) is 0.804. The van der Waals surface area contributed by atoms with E-state index in [9.17, 15) is 4.79 Å². The Labute approximate surface area is 92.8 Å². The Hall–Kier alpha value is -1.75. The van der Waals surface area contributed by atoms with Crippen LogP contribution in [0.5, 0.6) is 11.5 Å². The summed E-state index contributed by atoms with van der Waals surface area (Å²) in [5, 5.41) is 8.73. The second-order valence-electron chi connectivity index (χ2n) is 3.73. The molecule has 1 unspecified atom stereocenters. The Balaban J connectivity index is 2.39. The number of benzene rings is 1. The number of carboxylic acid groups (broad SMARTS) is 1. The molecular weight excluding hydrogens is 210 g/mol. The standard InChI is InChI=1S/C11H13NO4/c1-6-2-3-8-11(16-5-15-8)10(6)7(12)4-9(13)14/h2-3,7H,4-5,12H2,1H3,(H,13,14). The summed E-state index contributed by atoms with van der Waals surface area (Å²) in [4.78, 5) is 10.6. The number of rotatable bonds is 3. The third-order valence-corrected chi connectivity index (χ3v) is 2.56. The first-order chi connectivity index (χ1) is 7.59. The van der Waals surface area contributed by atoms with Crippen LogP contribution in [0.1, 0.15) is 23.6 Å². The van der Waals surface area contributed by atoms with Crippen molar-refractivity contribution in [3.8, 4) is 11.5 Å². The maximum Gasteiger partial charge on any atom is 0.305 e. The van der Waals surface area contributed by atoms with Crippen molar-refractivity contribution in [2.45, 2.75) is 19.4 Å². The number of aliphatic carboxylic acids is 1. The first kappa shape index (κ1) is 10.8. The van der Waals surface area contributed by atoms with E-state index in [0.717, 1.165) is 11.1 Å². The maximum atomic E-state index is 10.6. The molecule has 1 aromatic carbocycles. The smallest absolute Gasteiger partial charge is 0.305 e. The molecule has 0 aliphatic carbocycles. The van der Waals surface area contributed by atoms with Crippen LogP contribution in [0.4, 0.5) is 0 Å². The molecule has 16 heavy (non-hydrogen) atoms. The molecule has 0 spiro atoms. The Morgan fingerprint density at radius 1 is 1.56 bits per heavy atom. The maximum absolute atomic E-state index is 10.6. The summed E-state index contributed by atoms with van der Waals surface area (Å²) >= 11 is 0. The number of aryl methyl sites for hydroxylation is 1. The van der Waals surface area contributed by atoms with Gasteiger partial charge >= 0.3 is 5.97 Å². The van der Waals surface area contributed by atoms with Crippen molar-refractivity contribution in [3.63, 3.8) is 0 Å². The molecule has 1 aromatic rings. The highest BCUT2D eigenvalue weighted by molar-refractivity contribution is 5.68. The molecule has 1 aliphatic heterocycles. The molecular formula is C11H13NO4. The minimum Gasteiger partial charge on any atom is -0.481 e. The van der Waals surface area contributed by atoms with Crippen molar-refractivity contribution < 1.29 is 19.4 Å². The third-order valence-electron chi connectivity index (χ3n) is 2.56. The predicted octanol–water partition coefficient (Wildman–Crippen LogP) is 1.20. The van der Waals surface area contributed by atoms with Crippen molar-refractivity contribution in [2.75, 3.05) is 6.79 Å². The Bertz CT molecular complexity index is 430. The van der Waals surface area contributed by atoms with Gasteiger partial charge in [-0.05, 0) is 18.6 Å². The van der Waals surface area contributed by atoms with Crippen molar-refractivity contribution in [3.05, 3.63) is 23.3 Å². The lowest BCUT2D eigenvalue weighted by Crippen LogP contribution is -2.16. The van der Waals surface area contributed by atoms with Crippen LogP contribution in [0.15, 0.2) is 12.1 Å². The summed E-state index contributed by atoms with van der Waals surface area (Å²) in [6.45, 7) is 2.03. The van der Waals surface area contributed by atoms with Gasteiger partial charge in [0, 0.05) is 11.6 Å². The molecule has 2 rings (SSSR count). The van der Waals surface area contributed by atoms with Gasteiger partial charge < -0.3 is 20.3 Å². The van der Waals surface area contributed by atoms with Crippen LogP contribution in [-0.4, -0.2) is 17.9 Å². The molecule has 1 heterocycles. The molecule has 0 amide bonds. The molecule has 0 saturated carbocycles. The van der Waals surface area contributed by atoms with Gasteiger partial charge in [-0.2, -0.15) is 0 Å². The van der Waals surface area contributed by atoms with E-state index in [2.05, 4.69) is 0 Å². The van der Waals surface area contributed by atoms with E-state index in [-0.39, 0.29) is 13.2 Å². The van der Waals surface area contributed by atoms with Crippen LogP contribution < -0.4 is 15.2 Å². The zero-order chi connectivity index (χ0) is 11.7. The molecule has 0 fully saturated rings. The van der Waals surface area contributed by atoms with E-state index in [1.165, 1.54) is 0 Å². The monoisotopic (exact) mass is 223 g/mol. The normalized spacial score (nSPS) is 14.9. The van der Waals surface area contributed by atoms with Crippen LogP contribution in [0, 0.1) is 6.92 Å². The van der Waals surface area contributed by atoms with Crippen LogP contribution >= 0.6 is 0 Å². The predicted molar refractivity (Wildman–Crippen MR) is 56.5 cm³/mol. The Morgan fingerprint density at radius 3 is 3.00 bits per heavy atom. The zero-order valence-corrected chi connectivity index (χ0v) is 8.90. The molecule has 3 N–H and O–H groups in total. The van der Waals surface area contributed by atoms with Gasteiger partial charge in [-0.3, -0.25) is 4.79 Å². The highest BCUT2D eigenvalue weighted by Crippen LogP contribution is 2.40. The second-order valence-corrected chi connectivity index (χ2v) is 3.73. The summed E-state index contributed by atoms with van der Waals surface area (Å²) in [5.74, 6) is 0.276. The van der Waals surface area contributed by atoms with Gasteiger partial charge in [0.1, 0.15) is 0 Å². The molecule has 1 atom stereocenters. The van der Waals surface area contributed by atoms with E-state index in [4.69, 9.17) is 20.3 Å². The molecule has 0 aromatic heterocycles. The second kappa shape index (κ2) is 4.02. The first-order valence-electron chi connectivity index (χ1n) is 4.96. The Morgan fingerprint density at radius 2 is 2.31 bits per heavy atom. The third kappa shape index (κ3) is 1.81. The van der Waals surface area contributed by atoms with Crippen LogP contribution in [0.2, 0.25) is 0 Å². The SMILES string of the molecule is Cc1ccc2c(c1C(N)CC(=O)O)OCO2. The number of hydrogen-bond donors (Lipinski definition) is 2. The largest absolute Gasteiger partial charge is 0.481 e. The lowest BCUT2D eigenvalue weighted by molar-refractivity contribution is -0.137. The summed E-state index contributed by atoms with van der Waals surface area (Å²) in [6.07, 6.45) is -0.124. The van der Waals surface area contributed by atoms with Crippen LogP contribution in [0.25, 0.3) is 0 Å². The van der Waals surface area contributed by atoms with E-state index >= 15 is 0 Å². The van der Waals surface area contributed by atoms with Crippen molar-refractivity contribution in [1.29, 1.82) is 0 Å². The molecule has 0 saturated heterocycles. The van der Waals surface area contributed by atoms with E-state index in [1.54, 1.807) is 6.07 Å². The average Bonchev–Trinajstić information content (AvgIpc) is 2.63. The first-order valence-corrected chi connectivity index (χ1v) is 4.96. The van der Waals surface area contributed by atoms with Gasteiger partial charge in [-0.25, -0.2) is 0 Å². The minimum absolute atomic E-state index is 0.124. The van der Waals surface area contributed by atoms with Crippen molar-refractivity contribution in [2.24, 2.45) is 5.73 Å². The average molecular weight is 223 g/mol. The Kier molecular flexibility index (Phi) is 2.70. The molecule has 0 bridgehead atoms. The number of carbonyl (C=O) groups is 1. The van der Waals surface area contributed by atoms with E-state index in [1.807, 2.05) is 13.0 Å². The molecule has 1 aliphatic rings.